The van der Waals surface area contributed by atoms with Crippen LogP contribution < -0.4 is 5.32 Å². The molecule has 1 fully saturated rings. The number of hydrogen-bond donors (Lipinski definition) is 1. The van der Waals surface area contributed by atoms with Crippen molar-refractivity contribution in [2.24, 2.45) is 5.41 Å². The lowest BCUT2D eigenvalue weighted by Crippen LogP contribution is -2.26. The molecule has 0 unspecified atom stereocenters. The van der Waals surface area contributed by atoms with E-state index in [0.717, 1.165) is 19.6 Å². The Morgan fingerprint density at radius 1 is 1.24 bits per heavy atom. The molecule has 2 rings (SSSR count). The van der Waals surface area contributed by atoms with Gasteiger partial charge in [0.05, 0.1) is 5.69 Å². The average molecular weight is 289 g/mol. The third kappa shape index (κ3) is 4.52. The Labute approximate surface area is 130 Å². The van der Waals surface area contributed by atoms with Crippen LogP contribution in [0, 0.1) is 5.41 Å². The van der Waals surface area contributed by atoms with Gasteiger partial charge in [0.25, 0.3) is 0 Å². The molecule has 0 aliphatic carbocycles. The monoisotopic (exact) mass is 289 g/mol. The maximum absolute atomic E-state index is 4.64. The third-order valence-electron chi connectivity index (χ3n) is 5.04. The summed E-state index contributed by atoms with van der Waals surface area (Å²) >= 11 is 0. The quantitative estimate of drug-likeness (QED) is 0.741. The average Bonchev–Trinajstić information content (AvgIpc) is 2.93. The summed E-state index contributed by atoms with van der Waals surface area (Å²) < 4.78 is 0. The Kier molecular flexibility index (Phi) is 6.19. The van der Waals surface area contributed by atoms with Crippen LogP contribution in [0.3, 0.4) is 0 Å². The van der Waals surface area contributed by atoms with Crippen molar-refractivity contribution in [3.05, 3.63) is 29.6 Å². The van der Waals surface area contributed by atoms with Crippen LogP contribution in [0.4, 0.5) is 0 Å². The van der Waals surface area contributed by atoms with Gasteiger partial charge in [-0.05, 0) is 55.8 Å². The van der Waals surface area contributed by atoms with Gasteiger partial charge in [0.1, 0.15) is 0 Å². The molecule has 0 saturated carbocycles. The van der Waals surface area contributed by atoms with Crippen LogP contribution >= 0.6 is 0 Å². The van der Waals surface area contributed by atoms with Gasteiger partial charge in [-0.25, -0.2) is 0 Å². The first-order valence-electron chi connectivity index (χ1n) is 8.58. The van der Waals surface area contributed by atoms with Crippen molar-refractivity contribution in [2.75, 3.05) is 19.6 Å². The summed E-state index contributed by atoms with van der Waals surface area (Å²) in [5.74, 6) is 0. The van der Waals surface area contributed by atoms with Gasteiger partial charge in [-0.15, -0.1) is 0 Å². The van der Waals surface area contributed by atoms with E-state index in [1.165, 1.54) is 50.0 Å². The number of pyridine rings is 1. The minimum Gasteiger partial charge on any atom is -0.313 e. The standard InChI is InChI=1S/C18H31N3/c1-4-10-19-12-16-7-8-17(20-13-16)14-21-11-9-18(5-2,6-3)15-21/h7-8,13,19H,4-6,9-12,14-15H2,1-3H3. The number of likely N-dealkylation sites (tertiary alicyclic amines) is 1. The second-order valence-corrected chi connectivity index (χ2v) is 6.50. The van der Waals surface area contributed by atoms with Crippen molar-refractivity contribution in [1.82, 2.24) is 15.2 Å². The van der Waals surface area contributed by atoms with Crippen LogP contribution in [0.25, 0.3) is 0 Å². The molecule has 2 heterocycles. The largest absolute Gasteiger partial charge is 0.313 e. The first-order valence-corrected chi connectivity index (χ1v) is 8.58. The fourth-order valence-electron chi connectivity index (χ4n) is 3.28. The highest BCUT2D eigenvalue weighted by Gasteiger charge is 2.34. The predicted octanol–water partition coefficient (Wildman–Crippen LogP) is 3.59. The van der Waals surface area contributed by atoms with Gasteiger partial charge >= 0.3 is 0 Å². The van der Waals surface area contributed by atoms with Gasteiger partial charge in [-0.2, -0.15) is 0 Å². The zero-order valence-electron chi connectivity index (χ0n) is 14.0. The van der Waals surface area contributed by atoms with Crippen molar-refractivity contribution < 1.29 is 0 Å². The van der Waals surface area contributed by atoms with Gasteiger partial charge in [0, 0.05) is 25.8 Å². The van der Waals surface area contributed by atoms with Crippen molar-refractivity contribution in [3.63, 3.8) is 0 Å². The first-order chi connectivity index (χ1) is 10.2. The second kappa shape index (κ2) is 7.90. The number of rotatable bonds is 8. The molecule has 0 spiro atoms. The second-order valence-electron chi connectivity index (χ2n) is 6.50. The van der Waals surface area contributed by atoms with Crippen LogP contribution in [0.5, 0.6) is 0 Å². The minimum atomic E-state index is 0.560. The topological polar surface area (TPSA) is 28.2 Å². The Bertz CT molecular complexity index is 409. The zero-order valence-corrected chi connectivity index (χ0v) is 14.0. The summed E-state index contributed by atoms with van der Waals surface area (Å²) in [6.07, 6.45) is 7.15. The minimum absolute atomic E-state index is 0.560. The molecule has 1 N–H and O–H groups in total. The number of hydrogen-bond acceptors (Lipinski definition) is 3. The maximum Gasteiger partial charge on any atom is 0.0544 e. The number of aromatic nitrogens is 1. The highest BCUT2D eigenvalue weighted by molar-refractivity contribution is 5.14. The molecule has 1 aliphatic heterocycles. The molecule has 1 aromatic rings. The lowest BCUT2D eigenvalue weighted by Gasteiger charge is -2.26. The summed E-state index contributed by atoms with van der Waals surface area (Å²) in [7, 11) is 0. The molecule has 21 heavy (non-hydrogen) atoms. The molecule has 0 bridgehead atoms. The van der Waals surface area contributed by atoms with Crippen LogP contribution in [-0.4, -0.2) is 29.5 Å². The third-order valence-corrected chi connectivity index (χ3v) is 5.04. The lowest BCUT2D eigenvalue weighted by molar-refractivity contribution is 0.235. The molecule has 118 valence electrons. The van der Waals surface area contributed by atoms with E-state index in [4.69, 9.17) is 0 Å². The molecule has 0 amide bonds. The summed E-state index contributed by atoms with van der Waals surface area (Å²) in [4.78, 5) is 7.21. The van der Waals surface area contributed by atoms with Gasteiger partial charge in [0.2, 0.25) is 0 Å². The molecular weight excluding hydrogens is 258 g/mol. The summed E-state index contributed by atoms with van der Waals surface area (Å²) in [5, 5.41) is 3.42. The van der Waals surface area contributed by atoms with Crippen LogP contribution in [0.2, 0.25) is 0 Å². The molecule has 0 atom stereocenters. The van der Waals surface area contributed by atoms with Crippen molar-refractivity contribution in [3.8, 4) is 0 Å². The van der Waals surface area contributed by atoms with E-state index in [2.05, 4.69) is 48.1 Å². The lowest BCUT2D eigenvalue weighted by atomic mass is 9.82. The fraction of sp³-hybridized carbons (Fsp3) is 0.722. The molecular formula is C18H31N3. The van der Waals surface area contributed by atoms with E-state index in [0.29, 0.717) is 5.41 Å². The molecule has 0 radical (unpaired) electrons. The number of nitrogens with one attached hydrogen (secondary N) is 1. The first kappa shape index (κ1) is 16.4. The van der Waals surface area contributed by atoms with E-state index < -0.39 is 0 Å². The highest BCUT2D eigenvalue weighted by Crippen LogP contribution is 2.37. The van der Waals surface area contributed by atoms with Crippen molar-refractivity contribution >= 4 is 0 Å². The zero-order chi connectivity index (χ0) is 15.1. The Morgan fingerprint density at radius 2 is 2.05 bits per heavy atom. The van der Waals surface area contributed by atoms with Gasteiger partial charge < -0.3 is 5.32 Å². The molecule has 1 saturated heterocycles. The molecule has 1 aliphatic rings. The Morgan fingerprint density at radius 3 is 2.62 bits per heavy atom. The van der Waals surface area contributed by atoms with Gasteiger partial charge in [-0.3, -0.25) is 9.88 Å². The van der Waals surface area contributed by atoms with E-state index in [1.807, 2.05) is 6.20 Å². The highest BCUT2D eigenvalue weighted by atomic mass is 15.2. The van der Waals surface area contributed by atoms with Crippen molar-refractivity contribution in [1.29, 1.82) is 0 Å². The van der Waals surface area contributed by atoms with Crippen LogP contribution in [0.1, 0.15) is 57.7 Å². The predicted molar refractivity (Wildman–Crippen MR) is 89.1 cm³/mol. The number of nitrogens with zero attached hydrogens (tertiary/aromatic N) is 2. The summed E-state index contributed by atoms with van der Waals surface area (Å²) in [6, 6.07) is 4.41. The Hall–Kier alpha value is -0.930. The van der Waals surface area contributed by atoms with Gasteiger partial charge in [-0.1, -0.05) is 26.8 Å². The molecule has 1 aromatic heterocycles. The van der Waals surface area contributed by atoms with Crippen molar-refractivity contribution in [2.45, 2.75) is 59.5 Å². The SMILES string of the molecule is CCCNCc1ccc(CN2CCC(CC)(CC)C2)nc1. The Balaban J connectivity index is 1.84. The van der Waals surface area contributed by atoms with Gasteiger partial charge in [0.15, 0.2) is 0 Å². The van der Waals surface area contributed by atoms with E-state index in [-0.39, 0.29) is 0 Å². The maximum atomic E-state index is 4.64. The summed E-state index contributed by atoms with van der Waals surface area (Å²) in [5.41, 5.74) is 3.05. The molecule has 0 aromatic carbocycles. The van der Waals surface area contributed by atoms with Crippen LogP contribution in [0.15, 0.2) is 18.3 Å². The fourth-order valence-corrected chi connectivity index (χ4v) is 3.28. The smallest absolute Gasteiger partial charge is 0.0544 e. The van der Waals surface area contributed by atoms with E-state index >= 15 is 0 Å². The molecule has 3 nitrogen and oxygen atoms in total. The molecule has 3 heteroatoms. The summed E-state index contributed by atoms with van der Waals surface area (Å²) in [6.45, 7) is 12.3. The normalized spacial score (nSPS) is 18.2. The van der Waals surface area contributed by atoms with Crippen LogP contribution in [-0.2, 0) is 13.1 Å². The van der Waals surface area contributed by atoms with E-state index in [9.17, 15) is 0 Å². The van der Waals surface area contributed by atoms with E-state index in [1.54, 1.807) is 0 Å².